The molecule has 1 saturated carbocycles. The Morgan fingerprint density at radius 3 is 2.50 bits per heavy atom. The quantitative estimate of drug-likeness (QED) is 0.859. The van der Waals surface area contributed by atoms with Crippen LogP contribution in [0.15, 0.2) is 0 Å². The summed E-state index contributed by atoms with van der Waals surface area (Å²) in [5, 5.41) is 3.46. The fourth-order valence-electron chi connectivity index (χ4n) is 2.24. The molecular formula is C14H24N4. The molecule has 2 rings (SSSR count). The number of rotatable bonds is 4. The van der Waals surface area contributed by atoms with Crippen LogP contribution >= 0.6 is 0 Å². The third-order valence-electron chi connectivity index (χ3n) is 3.96. The molecule has 4 nitrogen and oxygen atoms in total. The molecule has 1 aromatic rings. The van der Waals surface area contributed by atoms with Gasteiger partial charge in [-0.25, -0.2) is 9.97 Å². The van der Waals surface area contributed by atoms with Gasteiger partial charge < -0.3 is 11.1 Å². The van der Waals surface area contributed by atoms with E-state index < -0.39 is 0 Å². The van der Waals surface area contributed by atoms with Crippen LogP contribution in [-0.2, 0) is 0 Å². The highest BCUT2D eigenvalue weighted by atomic mass is 15.1. The monoisotopic (exact) mass is 248 g/mol. The minimum Gasteiger partial charge on any atom is -0.383 e. The molecule has 1 aromatic heterocycles. The summed E-state index contributed by atoms with van der Waals surface area (Å²) in [6.07, 6.45) is 3.95. The second kappa shape index (κ2) is 4.75. The van der Waals surface area contributed by atoms with Crippen molar-refractivity contribution in [3.05, 3.63) is 11.4 Å². The topological polar surface area (TPSA) is 63.8 Å². The standard InChI is InChI=1S/C14H24N4/c1-9(2)12-17-11(15)10(3)13(18-12)16-8-14(4)6-5-7-14/h9H,5-8H2,1-4H3,(H3,15,16,17,18). The summed E-state index contributed by atoms with van der Waals surface area (Å²) >= 11 is 0. The van der Waals surface area contributed by atoms with Crippen LogP contribution in [0.4, 0.5) is 11.6 Å². The number of anilines is 2. The van der Waals surface area contributed by atoms with Crippen LogP contribution in [0.1, 0.15) is 57.3 Å². The lowest BCUT2D eigenvalue weighted by Gasteiger charge is -2.38. The number of nitrogen functional groups attached to an aromatic ring is 1. The highest BCUT2D eigenvalue weighted by molar-refractivity contribution is 5.55. The molecule has 18 heavy (non-hydrogen) atoms. The zero-order chi connectivity index (χ0) is 13.3. The van der Waals surface area contributed by atoms with Crippen molar-refractivity contribution in [1.82, 2.24) is 9.97 Å². The fourth-order valence-corrected chi connectivity index (χ4v) is 2.24. The van der Waals surface area contributed by atoms with Crippen LogP contribution in [0.3, 0.4) is 0 Å². The van der Waals surface area contributed by atoms with Crippen molar-refractivity contribution in [2.24, 2.45) is 5.41 Å². The molecule has 0 radical (unpaired) electrons. The van der Waals surface area contributed by atoms with Crippen LogP contribution in [0.5, 0.6) is 0 Å². The molecule has 0 bridgehead atoms. The Kier molecular flexibility index (Phi) is 3.46. The summed E-state index contributed by atoms with van der Waals surface area (Å²) in [5.74, 6) is 2.61. The largest absolute Gasteiger partial charge is 0.383 e. The maximum absolute atomic E-state index is 5.95. The van der Waals surface area contributed by atoms with E-state index in [1.165, 1.54) is 19.3 Å². The van der Waals surface area contributed by atoms with Crippen molar-refractivity contribution in [3.63, 3.8) is 0 Å². The Labute approximate surface area is 109 Å². The highest BCUT2D eigenvalue weighted by Gasteiger charge is 2.31. The number of aromatic nitrogens is 2. The first-order valence-corrected chi connectivity index (χ1v) is 6.79. The SMILES string of the molecule is Cc1c(N)nc(C(C)C)nc1NCC1(C)CCC1. The van der Waals surface area contributed by atoms with Gasteiger partial charge in [-0.15, -0.1) is 0 Å². The van der Waals surface area contributed by atoms with Gasteiger partial charge in [-0.2, -0.15) is 0 Å². The first kappa shape index (κ1) is 13.1. The summed E-state index contributed by atoms with van der Waals surface area (Å²) < 4.78 is 0. The Balaban J connectivity index is 2.15. The number of hydrogen-bond donors (Lipinski definition) is 2. The molecule has 0 saturated heterocycles. The van der Waals surface area contributed by atoms with Crippen molar-refractivity contribution in [1.29, 1.82) is 0 Å². The molecular weight excluding hydrogens is 224 g/mol. The first-order valence-electron chi connectivity index (χ1n) is 6.79. The van der Waals surface area contributed by atoms with E-state index in [1.807, 2.05) is 6.92 Å². The van der Waals surface area contributed by atoms with Crippen molar-refractivity contribution >= 4 is 11.6 Å². The third kappa shape index (κ3) is 2.57. The predicted octanol–water partition coefficient (Wildman–Crippen LogP) is 3.09. The van der Waals surface area contributed by atoms with E-state index in [1.54, 1.807) is 0 Å². The fraction of sp³-hybridized carbons (Fsp3) is 0.714. The summed E-state index contributed by atoms with van der Waals surface area (Å²) in [5.41, 5.74) is 7.35. The number of hydrogen-bond acceptors (Lipinski definition) is 4. The lowest BCUT2D eigenvalue weighted by Crippen LogP contribution is -2.33. The molecule has 0 atom stereocenters. The Hall–Kier alpha value is -1.32. The smallest absolute Gasteiger partial charge is 0.135 e. The minimum atomic E-state index is 0.299. The van der Waals surface area contributed by atoms with Crippen molar-refractivity contribution in [2.75, 3.05) is 17.6 Å². The van der Waals surface area contributed by atoms with E-state index in [4.69, 9.17) is 5.73 Å². The normalized spacial score (nSPS) is 17.6. The van der Waals surface area contributed by atoms with E-state index in [0.29, 0.717) is 17.2 Å². The lowest BCUT2D eigenvalue weighted by atomic mass is 9.70. The highest BCUT2D eigenvalue weighted by Crippen LogP contribution is 2.40. The number of nitrogens with zero attached hydrogens (tertiary/aromatic N) is 2. The van der Waals surface area contributed by atoms with Gasteiger partial charge in [0.2, 0.25) is 0 Å². The Morgan fingerprint density at radius 1 is 1.33 bits per heavy atom. The predicted molar refractivity (Wildman–Crippen MR) is 75.7 cm³/mol. The number of nitrogens with one attached hydrogen (secondary N) is 1. The van der Waals surface area contributed by atoms with Gasteiger partial charge >= 0.3 is 0 Å². The maximum Gasteiger partial charge on any atom is 0.135 e. The van der Waals surface area contributed by atoms with E-state index in [2.05, 4.69) is 36.1 Å². The maximum atomic E-state index is 5.95. The molecule has 0 aromatic carbocycles. The van der Waals surface area contributed by atoms with E-state index in [9.17, 15) is 0 Å². The van der Waals surface area contributed by atoms with Gasteiger partial charge in [-0.1, -0.05) is 27.2 Å². The van der Waals surface area contributed by atoms with Gasteiger partial charge in [0, 0.05) is 18.0 Å². The van der Waals surface area contributed by atoms with Crippen molar-refractivity contribution in [2.45, 2.75) is 52.9 Å². The molecule has 0 unspecified atom stereocenters. The zero-order valence-electron chi connectivity index (χ0n) is 11.9. The van der Waals surface area contributed by atoms with Gasteiger partial charge in [0.05, 0.1) is 0 Å². The Morgan fingerprint density at radius 2 is 2.00 bits per heavy atom. The molecule has 1 fully saturated rings. The van der Waals surface area contributed by atoms with Crippen LogP contribution in [0.2, 0.25) is 0 Å². The number of nitrogens with two attached hydrogens (primary N) is 1. The minimum absolute atomic E-state index is 0.299. The summed E-state index contributed by atoms with van der Waals surface area (Å²) in [7, 11) is 0. The average molecular weight is 248 g/mol. The zero-order valence-corrected chi connectivity index (χ0v) is 11.9. The van der Waals surface area contributed by atoms with Crippen LogP contribution in [-0.4, -0.2) is 16.5 Å². The van der Waals surface area contributed by atoms with Crippen molar-refractivity contribution < 1.29 is 0 Å². The molecule has 0 spiro atoms. The Bertz CT molecular complexity index is 436. The summed E-state index contributed by atoms with van der Waals surface area (Å²) in [6, 6.07) is 0. The second-order valence-electron chi connectivity index (χ2n) is 6.11. The summed E-state index contributed by atoms with van der Waals surface area (Å²) in [6.45, 7) is 9.45. The van der Waals surface area contributed by atoms with Crippen LogP contribution < -0.4 is 11.1 Å². The average Bonchev–Trinajstić information content (AvgIpc) is 2.28. The van der Waals surface area contributed by atoms with Gasteiger partial charge in [-0.05, 0) is 25.2 Å². The molecule has 100 valence electrons. The first-order chi connectivity index (χ1) is 8.41. The summed E-state index contributed by atoms with van der Waals surface area (Å²) in [4.78, 5) is 8.93. The van der Waals surface area contributed by atoms with E-state index in [0.717, 1.165) is 23.8 Å². The van der Waals surface area contributed by atoms with Crippen LogP contribution in [0.25, 0.3) is 0 Å². The van der Waals surface area contributed by atoms with E-state index in [-0.39, 0.29) is 0 Å². The van der Waals surface area contributed by atoms with E-state index >= 15 is 0 Å². The van der Waals surface area contributed by atoms with Crippen molar-refractivity contribution in [3.8, 4) is 0 Å². The lowest BCUT2D eigenvalue weighted by molar-refractivity contribution is 0.179. The van der Waals surface area contributed by atoms with Gasteiger partial charge in [0.15, 0.2) is 0 Å². The molecule has 4 heteroatoms. The molecule has 1 aliphatic carbocycles. The molecule has 0 aliphatic heterocycles. The van der Waals surface area contributed by atoms with Gasteiger partial charge in [-0.3, -0.25) is 0 Å². The molecule has 3 N–H and O–H groups in total. The van der Waals surface area contributed by atoms with Gasteiger partial charge in [0.1, 0.15) is 17.5 Å². The second-order valence-corrected chi connectivity index (χ2v) is 6.11. The third-order valence-corrected chi connectivity index (χ3v) is 3.96. The molecule has 1 heterocycles. The van der Waals surface area contributed by atoms with Gasteiger partial charge in [0.25, 0.3) is 0 Å². The molecule has 0 amide bonds. The van der Waals surface area contributed by atoms with Crippen LogP contribution in [0, 0.1) is 12.3 Å². The molecule has 1 aliphatic rings.